The summed E-state index contributed by atoms with van der Waals surface area (Å²) in [7, 11) is 0. The Morgan fingerprint density at radius 1 is 1.11 bits per heavy atom. The minimum absolute atomic E-state index is 0.270. The molecule has 0 aliphatic carbocycles. The first-order valence-electron chi connectivity index (χ1n) is 8.20. The number of hydrogen-bond acceptors (Lipinski definition) is 7. The molecule has 1 aromatic carbocycles. The Kier molecular flexibility index (Phi) is 5.61. The summed E-state index contributed by atoms with van der Waals surface area (Å²) in [6.45, 7) is 0.579. The lowest BCUT2D eigenvalue weighted by atomic mass is 10.2. The van der Waals surface area contributed by atoms with Crippen LogP contribution in [0.2, 0.25) is 0 Å². The van der Waals surface area contributed by atoms with Crippen molar-refractivity contribution in [3.63, 3.8) is 0 Å². The standard InChI is InChI=1S/C18H15N5OS3/c24-16(20-9-7-12-4-3-11-25-12)21-17-22-23-18(27-17)26-15-8-10-19-14-6-2-1-5-13(14)15/h1-6,8,10-11H,7,9H2,(H2,20,21,22,24). The van der Waals surface area contributed by atoms with Crippen LogP contribution in [0.5, 0.6) is 0 Å². The second-order valence-electron chi connectivity index (χ2n) is 5.51. The SMILES string of the molecule is O=C(NCCc1cccs1)Nc1nnc(Sc2ccnc3ccccc23)s1. The number of rotatable bonds is 6. The lowest BCUT2D eigenvalue weighted by Crippen LogP contribution is -2.30. The van der Waals surface area contributed by atoms with E-state index in [1.807, 2.05) is 41.8 Å². The van der Waals surface area contributed by atoms with Crippen molar-refractivity contribution in [3.05, 3.63) is 58.9 Å². The van der Waals surface area contributed by atoms with Gasteiger partial charge in [-0.05, 0) is 30.0 Å². The number of para-hydroxylation sites is 1. The van der Waals surface area contributed by atoms with Gasteiger partial charge in [-0.3, -0.25) is 10.3 Å². The van der Waals surface area contributed by atoms with E-state index in [4.69, 9.17) is 0 Å². The molecule has 27 heavy (non-hydrogen) atoms. The molecule has 0 saturated carbocycles. The van der Waals surface area contributed by atoms with Crippen molar-refractivity contribution in [2.75, 3.05) is 11.9 Å². The zero-order valence-electron chi connectivity index (χ0n) is 14.1. The number of amides is 2. The molecule has 136 valence electrons. The van der Waals surface area contributed by atoms with Crippen LogP contribution in [-0.2, 0) is 6.42 Å². The van der Waals surface area contributed by atoms with E-state index in [0.717, 1.165) is 26.6 Å². The van der Waals surface area contributed by atoms with E-state index < -0.39 is 0 Å². The maximum Gasteiger partial charge on any atom is 0.321 e. The number of benzene rings is 1. The normalized spacial score (nSPS) is 10.8. The summed E-state index contributed by atoms with van der Waals surface area (Å²) < 4.78 is 0.764. The fraction of sp³-hybridized carbons (Fsp3) is 0.111. The predicted molar refractivity (Wildman–Crippen MR) is 111 cm³/mol. The van der Waals surface area contributed by atoms with Gasteiger partial charge in [-0.2, -0.15) is 0 Å². The van der Waals surface area contributed by atoms with Gasteiger partial charge in [0.25, 0.3) is 0 Å². The highest BCUT2D eigenvalue weighted by molar-refractivity contribution is 8.01. The molecule has 0 aliphatic heterocycles. The van der Waals surface area contributed by atoms with E-state index in [1.54, 1.807) is 17.5 Å². The van der Waals surface area contributed by atoms with Crippen LogP contribution in [-0.4, -0.2) is 27.8 Å². The highest BCUT2D eigenvalue weighted by Crippen LogP contribution is 2.35. The van der Waals surface area contributed by atoms with Crippen LogP contribution < -0.4 is 10.6 Å². The van der Waals surface area contributed by atoms with Crippen LogP contribution in [0.1, 0.15) is 4.88 Å². The number of pyridine rings is 1. The first kappa shape index (κ1) is 17.9. The molecule has 0 radical (unpaired) electrons. The van der Waals surface area contributed by atoms with E-state index in [1.165, 1.54) is 28.0 Å². The number of urea groups is 1. The molecule has 0 bridgehead atoms. The third kappa shape index (κ3) is 4.62. The molecular weight excluding hydrogens is 398 g/mol. The number of nitrogens with zero attached hydrogens (tertiary/aromatic N) is 3. The minimum Gasteiger partial charge on any atom is -0.337 e. The number of anilines is 1. The van der Waals surface area contributed by atoms with Gasteiger partial charge in [0, 0.05) is 27.9 Å². The number of nitrogens with one attached hydrogen (secondary N) is 2. The Labute approximate surface area is 168 Å². The van der Waals surface area contributed by atoms with Gasteiger partial charge >= 0.3 is 6.03 Å². The predicted octanol–water partition coefficient (Wildman–Crippen LogP) is 4.66. The lowest BCUT2D eigenvalue weighted by molar-refractivity contribution is 0.252. The zero-order chi connectivity index (χ0) is 18.5. The lowest BCUT2D eigenvalue weighted by Gasteiger charge is -2.03. The number of aromatic nitrogens is 3. The minimum atomic E-state index is -0.270. The van der Waals surface area contributed by atoms with Gasteiger partial charge in [0.15, 0.2) is 4.34 Å². The van der Waals surface area contributed by atoms with Crippen LogP contribution in [0, 0.1) is 0 Å². The Morgan fingerprint density at radius 2 is 2.04 bits per heavy atom. The number of hydrogen-bond donors (Lipinski definition) is 2. The van der Waals surface area contributed by atoms with Gasteiger partial charge < -0.3 is 5.32 Å². The molecule has 2 N–H and O–H groups in total. The molecule has 0 spiro atoms. The number of thiophene rings is 1. The number of carbonyl (C=O) groups is 1. The fourth-order valence-electron chi connectivity index (χ4n) is 2.45. The Hall–Kier alpha value is -2.49. The van der Waals surface area contributed by atoms with Gasteiger partial charge in [-0.15, -0.1) is 21.5 Å². The summed E-state index contributed by atoms with van der Waals surface area (Å²) in [5.41, 5.74) is 0.940. The third-order valence-electron chi connectivity index (χ3n) is 3.67. The van der Waals surface area contributed by atoms with Gasteiger partial charge in [0.05, 0.1) is 5.52 Å². The summed E-state index contributed by atoms with van der Waals surface area (Å²) >= 11 is 4.55. The molecule has 6 nitrogen and oxygen atoms in total. The maximum absolute atomic E-state index is 12.0. The first-order chi connectivity index (χ1) is 13.3. The molecular formula is C18H15N5OS3. The van der Waals surface area contributed by atoms with Crippen molar-refractivity contribution in [1.29, 1.82) is 0 Å². The van der Waals surface area contributed by atoms with E-state index in [0.29, 0.717) is 11.7 Å². The van der Waals surface area contributed by atoms with E-state index in [-0.39, 0.29) is 6.03 Å². The van der Waals surface area contributed by atoms with E-state index in [2.05, 4.69) is 31.9 Å². The van der Waals surface area contributed by atoms with Crippen molar-refractivity contribution in [1.82, 2.24) is 20.5 Å². The van der Waals surface area contributed by atoms with Gasteiger partial charge in [-0.1, -0.05) is 47.4 Å². The van der Waals surface area contributed by atoms with Gasteiger partial charge in [0.1, 0.15) is 0 Å². The van der Waals surface area contributed by atoms with Crippen LogP contribution in [0.25, 0.3) is 10.9 Å². The van der Waals surface area contributed by atoms with Crippen molar-refractivity contribution >= 4 is 56.5 Å². The molecule has 0 atom stereocenters. The molecule has 0 saturated heterocycles. The molecule has 0 unspecified atom stereocenters. The average molecular weight is 414 g/mol. The molecule has 3 aromatic heterocycles. The van der Waals surface area contributed by atoms with Gasteiger partial charge in [-0.25, -0.2) is 4.79 Å². The highest BCUT2D eigenvalue weighted by atomic mass is 32.2. The molecule has 3 heterocycles. The quantitative estimate of drug-likeness (QED) is 0.449. The largest absolute Gasteiger partial charge is 0.337 e. The van der Waals surface area contributed by atoms with Crippen molar-refractivity contribution in [2.45, 2.75) is 15.7 Å². The monoisotopic (exact) mass is 413 g/mol. The maximum atomic E-state index is 12.0. The fourth-order valence-corrected chi connectivity index (χ4v) is 4.99. The molecule has 2 amide bonds. The number of carbonyl (C=O) groups excluding carboxylic acids is 1. The average Bonchev–Trinajstić information content (AvgIpc) is 3.34. The first-order valence-corrected chi connectivity index (χ1v) is 10.7. The Bertz CT molecular complexity index is 1040. The molecule has 9 heteroatoms. The second kappa shape index (κ2) is 8.47. The van der Waals surface area contributed by atoms with Crippen LogP contribution in [0.15, 0.2) is 63.3 Å². The second-order valence-corrected chi connectivity index (χ2v) is 8.81. The zero-order valence-corrected chi connectivity index (χ0v) is 16.5. The number of fused-ring (bicyclic) bond motifs is 1. The molecule has 4 rings (SSSR count). The summed E-state index contributed by atoms with van der Waals surface area (Å²) in [6.07, 6.45) is 2.60. The smallest absolute Gasteiger partial charge is 0.321 e. The van der Waals surface area contributed by atoms with E-state index in [9.17, 15) is 4.79 Å². The van der Waals surface area contributed by atoms with Crippen molar-refractivity contribution in [2.24, 2.45) is 0 Å². The summed E-state index contributed by atoms with van der Waals surface area (Å²) in [5.74, 6) is 0. The van der Waals surface area contributed by atoms with Crippen molar-refractivity contribution < 1.29 is 4.79 Å². The van der Waals surface area contributed by atoms with Crippen LogP contribution in [0.3, 0.4) is 0 Å². The van der Waals surface area contributed by atoms with Gasteiger partial charge in [0.2, 0.25) is 5.13 Å². The van der Waals surface area contributed by atoms with Crippen LogP contribution >= 0.6 is 34.4 Å². The molecule has 4 aromatic rings. The Morgan fingerprint density at radius 3 is 2.93 bits per heavy atom. The summed E-state index contributed by atoms with van der Waals surface area (Å²) in [6, 6.07) is 13.7. The third-order valence-corrected chi connectivity index (χ3v) is 6.57. The summed E-state index contributed by atoms with van der Waals surface area (Å²) in [5, 5.41) is 17.4. The topological polar surface area (TPSA) is 79.8 Å². The van der Waals surface area contributed by atoms with Crippen molar-refractivity contribution in [3.8, 4) is 0 Å². The Balaban J connectivity index is 1.35. The summed E-state index contributed by atoms with van der Waals surface area (Å²) in [4.78, 5) is 18.7. The molecule has 0 aliphatic rings. The molecule has 0 fully saturated rings. The highest BCUT2D eigenvalue weighted by Gasteiger charge is 2.11. The van der Waals surface area contributed by atoms with Crippen LogP contribution in [0.4, 0.5) is 9.93 Å². The van der Waals surface area contributed by atoms with E-state index >= 15 is 0 Å².